The number of nitrogens with zero attached hydrogens (tertiary/aromatic N) is 3. The first-order valence-electron chi connectivity index (χ1n) is 7.82. The molecule has 0 radical (unpaired) electrons. The van der Waals surface area contributed by atoms with Crippen molar-refractivity contribution in [3.63, 3.8) is 0 Å². The van der Waals surface area contributed by atoms with Gasteiger partial charge < -0.3 is 9.73 Å². The summed E-state index contributed by atoms with van der Waals surface area (Å²) in [6.45, 7) is 7.04. The standard InChI is InChI=1S/C18H21BrN4O/c1-18(2,3)15-9-16(23(4)22-15)20-10-12-11-24-17(21-12)13-7-5-6-8-14(13)19/h5-9,11,20H,10H2,1-4H3. The van der Waals surface area contributed by atoms with Crippen molar-refractivity contribution in [2.45, 2.75) is 32.7 Å². The number of rotatable bonds is 4. The van der Waals surface area contributed by atoms with Crippen molar-refractivity contribution < 1.29 is 4.42 Å². The lowest BCUT2D eigenvalue weighted by Gasteiger charge is -2.13. The molecule has 5 nitrogen and oxygen atoms in total. The Balaban J connectivity index is 1.73. The summed E-state index contributed by atoms with van der Waals surface area (Å²) in [7, 11) is 1.94. The molecule has 0 saturated heterocycles. The van der Waals surface area contributed by atoms with Gasteiger partial charge in [-0.05, 0) is 28.1 Å². The Hall–Kier alpha value is -2.08. The van der Waals surface area contributed by atoms with Crippen molar-refractivity contribution in [1.29, 1.82) is 0 Å². The second-order valence-corrected chi connectivity index (χ2v) is 7.62. The lowest BCUT2D eigenvalue weighted by atomic mass is 9.92. The van der Waals surface area contributed by atoms with E-state index in [-0.39, 0.29) is 5.41 Å². The molecule has 3 aromatic rings. The second-order valence-electron chi connectivity index (χ2n) is 6.77. The lowest BCUT2D eigenvalue weighted by molar-refractivity contribution is 0.553. The van der Waals surface area contributed by atoms with E-state index in [1.54, 1.807) is 6.26 Å². The van der Waals surface area contributed by atoms with Gasteiger partial charge in [-0.15, -0.1) is 0 Å². The van der Waals surface area contributed by atoms with Gasteiger partial charge in [-0.2, -0.15) is 5.10 Å². The Labute approximate surface area is 150 Å². The highest BCUT2D eigenvalue weighted by molar-refractivity contribution is 9.10. The van der Waals surface area contributed by atoms with Crippen LogP contribution in [0, 0.1) is 0 Å². The fourth-order valence-corrected chi connectivity index (χ4v) is 2.78. The number of hydrogen-bond donors (Lipinski definition) is 1. The maximum atomic E-state index is 5.61. The maximum absolute atomic E-state index is 5.61. The van der Waals surface area contributed by atoms with E-state index >= 15 is 0 Å². The monoisotopic (exact) mass is 388 g/mol. The minimum absolute atomic E-state index is 0.0261. The van der Waals surface area contributed by atoms with Crippen molar-refractivity contribution in [1.82, 2.24) is 14.8 Å². The van der Waals surface area contributed by atoms with Crippen molar-refractivity contribution >= 4 is 21.7 Å². The summed E-state index contributed by atoms with van der Waals surface area (Å²) in [5.41, 5.74) is 2.87. The van der Waals surface area contributed by atoms with Crippen LogP contribution in [0.5, 0.6) is 0 Å². The zero-order chi connectivity index (χ0) is 17.3. The van der Waals surface area contributed by atoms with E-state index in [2.05, 4.69) is 58.2 Å². The summed E-state index contributed by atoms with van der Waals surface area (Å²) >= 11 is 3.52. The zero-order valence-electron chi connectivity index (χ0n) is 14.3. The van der Waals surface area contributed by atoms with Crippen LogP contribution in [0.1, 0.15) is 32.2 Å². The van der Waals surface area contributed by atoms with E-state index in [9.17, 15) is 0 Å². The average molecular weight is 389 g/mol. The van der Waals surface area contributed by atoms with Gasteiger partial charge in [0.25, 0.3) is 0 Å². The van der Waals surface area contributed by atoms with Gasteiger partial charge in [-0.25, -0.2) is 4.98 Å². The lowest BCUT2D eigenvalue weighted by Crippen LogP contribution is -2.12. The Morgan fingerprint density at radius 2 is 2.00 bits per heavy atom. The molecule has 0 bridgehead atoms. The fraction of sp³-hybridized carbons (Fsp3) is 0.333. The summed E-state index contributed by atoms with van der Waals surface area (Å²) in [5.74, 6) is 1.57. The SMILES string of the molecule is Cn1nc(C(C)(C)C)cc1NCc1coc(-c2ccccc2Br)n1. The van der Waals surface area contributed by atoms with E-state index in [4.69, 9.17) is 4.42 Å². The molecule has 0 atom stereocenters. The van der Waals surface area contributed by atoms with E-state index in [0.29, 0.717) is 12.4 Å². The smallest absolute Gasteiger partial charge is 0.227 e. The van der Waals surface area contributed by atoms with Gasteiger partial charge in [-0.3, -0.25) is 4.68 Å². The van der Waals surface area contributed by atoms with E-state index < -0.39 is 0 Å². The molecule has 2 aromatic heterocycles. The number of aryl methyl sites for hydroxylation is 1. The predicted octanol–water partition coefficient (Wildman–Crippen LogP) is 4.75. The topological polar surface area (TPSA) is 55.9 Å². The van der Waals surface area contributed by atoms with Crippen molar-refractivity contribution in [3.8, 4) is 11.5 Å². The number of aromatic nitrogens is 3. The molecule has 0 unspecified atom stereocenters. The quantitative estimate of drug-likeness (QED) is 0.700. The van der Waals surface area contributed by atoms with Crippen LogP contribution in [0.15, 0.2) is 45.5 Å². The summed E-state index contributed by atoms with van der Waals surface area (Å²) in [5, 5.41) is 7.93. The van der Waals surface area contributed by atoms with E-state index in [0.717, 1.165) is 27.2 Å². The molecule has 24 heavy (non-hydrogen) atoms. The fourth-order valence-electron chi connectivity index (χ4n) is 2.33. The molecule has 0 aliphatic rings. The number of benzene rings is 1. The Bertz CT molecular complexity index is 845. The van der Waals surface area contributed by atoms with Crippen LogP contribution in [0.3, 0.4) is 0 Å². The largest absolute Gasteiger partial charge is 0.444 e. The molecule has 1 N–H and O–H groups in total. The Morgan fingerprint density at radius 3 is 2.67 bits per heavy atom. The van der Waals surface area contributed by atoms with Crippen LogP contribution in [0.4, 0.5) is 5.82 Å². The highest BCUT2D eigenvalue weighted by atomic mass is 79.9. The molecule has 6 heteroatoms. The number of oxazole rings is 1. The third-order valence-electron chi connectivity index (χ3n) is 3.75. The predicted molar refractivity (Wildman–Crippen MR) is 98.9 cm³/mol. The van der Waals surface area contributed by atoms with Crippen LogP contribution >= 0.6 is 15.9 Å². The summed E-state index contributed by atoms with van der Waals surface area (Å²) in [6.07, 6.45) is 1.68. The first-order valence-corrected chi connectivity index (χ1v) is 8.61. The third-order valence-corrected chi connectivity index (χ3v) is 4.45. The van der Waals surface area contributed by atoms with Gasteiger partial charge in [0.05, 0.1) is 23.5 Å². The Kier molecular flexibility index (Phi) is 4.49. The Morgan fingerprint density at radius 1 is 1.25 bits per heavy atom. The second kappa shape index (κ2) is 6.43. The average Bonchev–Trinajstić information content (AvgIpc) is 3.12. The summed E-state index contributed by atoms with van der Waals surface area (Å²) in [4.78, 5) is 4.55. The molecule has 0 saturated carbocycles. The van der Waals surface area contributed by atoms with Crippen LogP contribution in [0.2, 0.25) is 0 Å². The highest BCUT2D eigenvalue weighted by Gasteiger charge is 2.19. The van der Waals surface area contributed by atoms with Crippen LogP contribution < -0.4 is 5.32 Å². The van der Waals surface area contributed by atoms with Crippen LogP contribution in [-0.2, 0) is 19.0 Å². The molecule has 126 valence electrons. The van der Waals surface area contributed by atoms with Gasteiger partial charge in [0, 0.05) is 23.0 Å². The van der Waals surface area contributed by atoms with Gasteiger partial charge in [-0.1, -0.05) is 32.9 Å². The molecule has 0 amide bonds. The van der Waals surface area contributed by atoms with Crippen molar-refractivity contribution in [2.75, 3.05) is 5.32 Å². The molecule has 0 aliphatic carbocycles. The minimum atomic E-state index is 0.0261. The summed E-state index contributed by atoms with van der Waals surface area (Å²) in [6, 6.07) is 9.96. The van der Waals surface area contributed by atoms with Gasteiger partial charge in [0.15, 0.2) is 0 Å². The normalized spacial score (nSPS) is 11.7. The van der Waals surface area contributed by atoms with Crippen molar-refractivity contribution in [3.05, 3.63) is 52.5 Å². The molecule has 1 aromatic carbocycles. The number of nitrogens with one attached hydrogen (secondary N) is 1. The molecular formula is C18H21BrN4O. The summed E-state index contributed by atoms with van der Waals surface area (Å²) < 4.78 is 8.43. The van der Waals surface area contributed by atoms with Gasteiger partial charge in [0.2, 0.25) is 5.89 Å². The molecule has 0 fully saturated rings. The minimum Gasteiger partial charge on any atom is -0.444 e. The highest BCUT2D eigenvalue weighted by Crippen LogP contribution is 2.27. The molecule has 0 spiro atoms. The molecule has 0 aliphatic heterocycles. The molecule has 3 rings (SSSR count). The third kappa shape index (κ3) is 3.53. The first-order chi connectivity index (χ1) is 11.3. The number of halogens is 1. The van der Waals surface area contributed by atoms with Gasteiger partial charge >= 0.3 is 0 Å². The first kappa shape index (κ1) is 16.8. The zero-order valence-corrected chi connectivity index (χ0v) is 15.9. The number of hydrogen-bond acceptors (Lipinski definition) is 4. The van der Waals surface area contributed by atoms with Crippen LogP contribution in [-0.4, -0.2) is 14.8 Å². The molecular weight excluding hydrogens is 368 g/mol. The van der Waals surface area contributed by atoms with Crippen LogP contribution in [0.25, 0.3) is 11.5 Å². The van der Waals surface area contributed by atoms with E-state index in [1.807, 2.05) is 36.0 Å². The van der Waals surface area contributed by atoms with E-state index in [1.165, 1.54) is 0 Å². The van der Waals surface area contributed by atoms with Gasteiger partial charge in [0.1, 0.15) is 12.1 Å². The molecule has 2 heterocycles. The maximum Gasteiger partial charge on any atom is 0.227 e. The number of anilines is 1. The van der Waals surface area contributed by atoms with Crippen molar-refractivity contribution in [2.24, 2.45) is 7.05 Å².